The van der Waals surface area contributed by atoms with E-state index < -0.39 is 12.7 Å². The lowest BCUT2D eigenvalue weighted by Gasteiger charge is -2.30. The molecule has 4 rings (SSSR count). The number of rotatable bonds is 5. The Balaban J connectivity index is 1.66. The first-order valence-electron chi connectivity index (χ1n) is 11.8. The van der Waals surface area contributed by atoms with E-state index in [0.717, 1.165) is 29.4 Å². The average molecular weight is 492 g/mol. The molecular formula is C25H32F3N5O2. The molecule has 0 radical (unpaired) electrons. The SMILES string of the molecule is Cc1cc(-c2nnc(NC3CCC(C)C(O)C3)o2)nc2c(C(C)(C)C)cc(NCC(F)(F)F)cc12. The first-order chi connectivity index (χ1) is 16.3. The molecule has 35 heavy (non-hydrogen) atoms. The van der Waals surface area contributed by atoms with E-state index in [1.165, 1.54) is 0 Å². The van der Waals surface area contributed by atoms with E-state index in [0.29, 0.717) is 23.3 Å². The van der Waals surface area contributed by atoms with Crippen LogP contribution in [0.1, 0.15) is 58.1 Å². The van der Waals surface area contributed by atoms with E-state index in [2.05, 4.69) is 20.8 Å². The van der Waals surface area contributed by atoms with Crippen molar-refractivity contribution >= 4 is 22.6 Å². The number of pyridine rings is 1. The second-order valence-electron chi connectivity index (χ2n) is 10.6. The summed E-state index contributed by atoms with van der Waals surface area (Å²) in [7, 11) is 0. The number of nitrogens with zero attached hydrogens (tertiary/aromatic N) is 3. The minimum Gasteiger partial charge on any atom is -0.402 e. The number of aliphatic hydroxyl groups is 1. The van der Waals surface area contributed by atoms with Gasteiger partial charge in [0.05, 0.1) is 11.6 Å². The molecule has 0 saturated heterocycles. The van der Waals surface area contributed by atoms with Crippen LogP contribution in [0.25, 0.3) is 22.5 Å². The van der Waals surface area contributed by atoms with Crippen LogP contribution >= 0.6 is 0 Å². The zero-order valence-electron chi connectivity index (χ0n) is 20.6. The van der Waals surface area contributed by atoms with Gasteiger partial charge < -0.3 is 20.2 Å². The zero-order chi connectivity index (χ0) is 25.5. The standard InChI is InChI=1S/C25H32F3N5O2/c1-13-6-7-15(11-20(13)34)30-23-33-32-22(35-23)19-8-14(2)17-9-16(29-12-25(26,27)28)10-18(21(17)31-19)24(3,4)5/h8-10,13,15,20,29,34H,6-7,11-12H2,1-5H3,(H,30,33). The summed E-state index contributed by atoms with van der Waals surface area (Å²) in [5.41, 5.74) is 2.85. The number of anilines is 2. The maximum Gasteiger partial charge on any atom is 0.405 e. The molecule has 3 N–H and O–H groups in total. The molecule has 3 atom stereocenters. The molecule has 0 aliphatic heterocycles. The Morgan fingerprint density at radius 3 is 2.51 bits per heavy atom. The van der Waals surface area contributed by atoms with E-state index >= 15 is 0 Å². The molecule has 1 fully saturated rings. The number of aryl methyl sites for hydroxylation is 1. The molecule has 0 amide bonds. The summed E-state index contributed by atoms with van der Waals surface area (Å²) in [6.07, 6.45) is -2.24. The smallest absolute Gasteiger partial charge is 0.402 e. The number of aliphatic hydroxyl groups excluding tert-OH is 1. The molecule has 0 bridgehead atoms. The Kier molecular flexibility index (Phi) is 6.70. The lowest BCUT2D eigenvalue weighted by atomic mass is 9.84. The minimum atomic E-state index is -4.31. The van der Waals surface area contributed by atoms with Crippen LogP contribution in [0.5, 0.6) is 0 Å². The summed E-state index contributed by atoms with van der Waals surface area (Å²) in [6.45, 7) is 8.79. The van der Waals surface area contributed by atoms with Gasteiger partial charge in [0, 0.05) is 17.1 Å². The van der Waals surface area contributed by atoms with Crippen molar-refractivity contribution in [2.75, 3.05) is 17.2 Å². The second-order valence-corrected chi connectivity index (χ2v) is 10.6. The molecule has 3 unspecified atom stereocenters. The Hall–Kier alpha value is -2.88. The Morgan fingerprint density at radius 1 is 1.11 bits per heavy atom. The Labute approximate surface area is 202 Å². The molecule has 2 heterocycles. The molecule has 1 aromatic carbocycles. The highest BCUT2D eigenvalue weighted by atomic mass is 19.4. The van der Waals surface area contributed by atoms with Gasteiger partial charge in [0.2, 0.25) is 0 Å². The monoisotopic (exact) mass is 491 g/mol. The third kappa shape index (κ3) is 5.86. The lowest BCUT2D eigenvalue weighted by molar-refractivity contribution is -0.115. The molecule has 1 aliphatic carbocycles. The van der Waals surface area contributed by atoms with E-state index in [4.69, 9.17) is 9.40 Å². The average Bonchev–Trinajstić information content (AvgIpc) is 3.22. The Morgan fingerprint density at radius 2 is 1.86 bits per heavy atom. The molecule has 1 saturated carbocycles. The maximum absolute atomic E-state index is 12.8. The highest BCUT2D eigenvalue weighted by Gasteiger charge is 2.29. The van der Waals surface area contributed by atoms with Crippen LogP contribution in [0.4, 0.5) is 24.9 Å². The molecule has 1 aliphatic rings. The summed E-state index contributed by atoms with van der Waals surface area (Å²) in [4.78, 5) is 4.79. The molecule has 3 aromatic rings. The molecule has 2 aromatic heterocycles. The van der Waals surface area contributed by atoms with Gasteiger partial charge in [0.15, 0.2) is 0 Å². The largest absolute Gasteiger partial charge is 0.405 e. The molecule has 190 valence electrons. The lowest BCUT2D eigenvalue weighted by Crippen LogP contribution is -2.34. The normalized spacial score (nSPS) is 21.3. The fraction of sp³-hybridized carbons (Fsp3) is 0.560. The van der Waals surface area contributed by atoms with Crippen molar-refractivity contribution in [2.45, 2.75) is 77.6 Å². The van der Waals surface area contributed by atoms with Crippen molar-refractivity contribution in [1.82, 2.24) is 15.2 Å². The van der Waals surface area contributed by atoms with Crippen molar-refractivity contribution < 1.29 is 22.7 Å². The third-order valence-corrected chi connectivity index (χ3v) is 6.55. The van der Waals surface area contributed by atoms with Gasteiger partial charge >= 0.3 is 12.2 Å². The zero-order valence-corrected chi connectivity index (χ0v) is 20.6. The van der Waals surface area contributed by atoms with Crippen molar-refractivity contribution in [1.29, 1.82) is 0 Å². The summed E-state index contributed by atoms with van der Waals surface area (Å²) < 4.78 is 44.2. The van der Waals surface area contributed by atoms with Gasteiger partial charge in [-0.25, -0.2) is 4.98 Å². The van der Waals surface area contributed by atoms with Crippen LogP contribution in [0.15, 0.2) is 22.6 Å². The van der Waals surface area contributed by atoms with Crippen LogP contribution in [-0.2, 0) is 5.41 Å². The number of fused-ring (bicyclic) bond motifs is 1. The number of hydrogen-bond donors (Lipinski definition) is 3. The third-order valence-electron chi connectivity index (χ3n) is 6.55. The highest BCUT2D eigenvalue weighted by molar-refractivity contribution is 5.90. The van der Waals surface area contributed by atoms with Gasteiger partial charge in [-0.15, -0.1) is 5.10 Å². The van der Waals surface area contributed by atoms with Crippen LogP contribution in [0.2, 0.25) is 0 Å². The summed E-state index contributed by atoms with van der Waals surface area (Å²) >= 11 is 0. The summed E-state index contributed by atoms with van der Waals surface area (Å²) in [5, 5.41) is 24.9. The summed E-state index contributed by atoms with van der Waals surface area (Å²) in [6, 6.07) is 5.54. The fourth-order valence-electron chi connectivity index (χ4n) is 4.47. The van der Waals surface area contributed by atoms with Gasteiger partial charge in [-0.05, 0) is 66.8 Å². The number of halogens is 3. The number of benzene rings is 1. The number of aromatic nitrogens is 3. The molecule has 0 spiro atoms. The fourth-order valence-corrected chi connectivity index (χ4v) is 4.47. The predicted molar refractivity (Wildman–Crippen MR) is 129 cm³/mol. The van der Waals surface area contributed by atoms with Gasteiger partial charge in [-0.2, -0.15) is 13.2 Å². The maximum atomic E-state index is 12.8. The minimum absolute atomic E-state index is 0.0518. The van der Waals surface area contributed by atoms with E-state index in [9.17, 15) is 18.3 Å². The summed E-state index contributed by atoms with van der Waals surface area (Å²) in [5.74, 6) is 0.526. The quantitative estimate of drug-likeness (QED) is 0.413. The Bertz CT molecular complexity index is 1200. The van der Waals surface area contributed by atoms with Crippen molar-refractivity contribution in [3.8, 4) is 11.6 Å². The van der Waals surface area contributed by atoms with Crippen LogP contribution in [0, 0.1) is 12.8 Å². The predicted octanol–water partition coefficient (Wildman–Crippen LogP) is 5.83. The first kappa shape index (κ1) is 25.2. The van der Waals surface area contributed by atoms with E-state index in [1.54, 1.807) is 18.2 Å². The van der Waals surface area contributed by atoms with E-state index in [-0.39, 0.29) is 35.4 Å². The topological polar surface area (TPSA) is 96.1 Å². The van der Waals surface area contributed by atoms with Crippen molar-refractivity contribution in [3.63, 3.8) is 0 Å². The van der Waals surface area contributed by atoms with Gasteiger partial charge in [0.25, 0.3) is 5.89 Å². The van der Waals surface area contributed by atoms with Crippen molar-refractivity contribution in [2.24, 2.45) is 5.92 Å². The van der Waals surface area contributed by atoms with Crippen LogP contribution < -0.4 is 10.6 Å². The van der Waals surface area contributed by atoms with Gasteiger partial charge in [-0.3, -0.25) is 0 Å². The van der Waals surface area contributed by atoms with Gasteiger partial charge in [-0.1, -0.05) is 32.8 Å². The second kappa shape index (κ2) is 9.29. The molecule has 10 heteroatoms. The molecular weight excluding hydrogens is 459 g/mol. The number of nitrogens with one attached hydrogen (secondary N) is 2. The van der Waals surface area contributed by atoms with Crippen LogP contribution in [-0.4, -0.2) is 45.2 Å². The van der Waals surface area contributed by atoms with E-state index in [1.807, 2.05) is 34.6 Å². The van der Waals surface area contributed by atoms with Crippen LogP contribution in [0.3, 0.4) is 0 Å². The highest BCUT2D eigenvalue weighted by Crippen LogP contribution is 2.36. The van der Waals surface area contributed by atoms with Gasteiger partial charge in [0.1, 0.15) is 12.2 Å². The number of alkyl halides is 3. The number of hydrogen-bond acceptors (Lipinski definition) is 7. The van der Waals surface area contributed by atoms with Crippen molar-refractivity contribution in [3.05, 3.63) is 29.3 Å². The first-order valence-corrected chi connectivity index (χ1v) is 11.8. The molecule has 7 nitrogen and oxygen atoms in total.